The summed E-state index contributed by atoms with van der Waals surface area (Å²) in [6, 6.07) is 2.34. The van der Waals surface area contributed by atoms with Crippen molar-refractivity contribution >= 4 is 0 Å². The summed E-state index contributed by atoms with van der Waals surface area (Å²) in [6.45, 7) is 3.93. The van der Waals surface area contributed by atoms with Gasteiger partial charge in [-0.2, -0.15) is 5.26 Å². The lowest BCUT2D eigenvalue weighted by molar-refractivity contribution is 0.526. The van der Waals surface area contributed by atoms with Crippen molar-refractivity contribution < 1.29 is 0 Å². The third-order valence-corrected chi connectivity index (χ3v) is 1.97. The molecule has 10 heavy (non-hydrogen) atoms. The summed E-state index contributed by atoms with van der Waals surface area (Å²) < 4.78 is 0. The van der Waals surface area contributed by atoms with Crippen LogP contribution in [0.4, 0.5) is 0 Å². The quantitative estimate of drug-likeness (QED) is 0.632. The lowest BCUT2D eigenvalue weighted by Gasteiger charge is -2.05. The molecule has 1 rings (SSSR count). The van der Waals surface area contributed by atoms with E-state index >= 15 is 0 Å². The van der Waals surface area contributed by atoms with E-state index < -0.39 is 0 Å². The summed E-state index contributed by atoms with van der Waals surface area (Å²) in [5.41, 5.74) is 0. The van der Waals surface area contributed by atoms with Crippen molar-refractivity contribution in [3.8, 4) is 6.07 Å². The van der Waals surface area contributed by atoms with Gasteiger partial charge in [0.25, 0.3) is 0 Å². The second-order valence-corrected chi connectivity index (χ2v) is 2.88. The molecule has 0 heterocycles. The third-order valence-electron chi connectivity index (χ3n) is 1.97. The average molecular weight is 138 g/mol. The van der Waals surface area contributed by atoms with E-state index in [1.807, 2.05) is 0 Å². The lowest BCUT2D eigenvalue weighted by atomic mass is 10.1. The molecule has 0 aromatic heterocycles. The normalized spacial score (nSPS) is 20.0. The van der Waals surface area contributed by atoms with Crippen molar-refractivity contribution in [2.24, 2.45) is 11.8 Å². The zero-order valence-corrected chi connectivity index (χ0v) is 6.43. The number of nitrogens with zero attached hydrogens (tertiary/aromatic N) is 1. The average Bonchev–Trinajstić information content (AvgIpc) is 2.73. The first kappa shape index (κ1) is 7.56. The van der Waals surface area contributed by atoms with Gasteiger partial charge in [-0.1, -0.05) is 6.92 Å². The van der Waals surface area contributed by atoms with Crippen LogP contribution in [0.2, 0.25) is 0 Å². The van der Waals surface area contributed by atoms with Crippen molar-refractivity contribution in [2.75, 3.05) is 13.1 Å². The monoisotopic (exact) mass is 138 g/mol. The minimum atomic E-state index is 0.278. The van der Waals surface area contributed by atoms with Gasteiger partial charge in [0.05, 0.1) is 12.0 Å². The van der Waals surface area contributed by atoms with Crippen LogP contribution in [0.25, 0.3) is 0 Å². The van der Waals surface area contributed by atoms with E-state index in [2.05, 4.69) is 18.3 Å². The fraction of sp³-hybridized carbons (Fsp3) is 0.875. The molecule has 0 spiro atoms. The number of nitriles is 1. The van der Waals surface area contributed by atoms with E-state index in [-0.39, 0.29) is 5.92 Å². The third kappa shape index (κ3) is 2.00. The number of hydrogen-bond donors (Lipinski definition) is 1. The Morgan fingerprint density at radius 1 is 1.70 bits per heavy atom. The van der Waals surface area contributed by atoms with Gasteiger partial charge >= 0.3 is 0 Å². The summed E-state index contributed by atoms with van der Waals surface area (Å²) in [4.78, 5) is 0. The SMILES string of the molecule is CCNCC(C#N)C1CC1. The Bertz CT molecular complexity index is 133. The van der Waals surface area contributed by atoms with Gasteiger partial charge < -0.3 is 5.32 Å². The highest BCUT2D eigenvalue weighted by Gasteiger charge is 2.30. The molecule has 1 N–H and O–H groups in total. The zero-order chi connectivity index (χ0) is 7.40. The van der Waals surface area contributed by atoms with Gasteiger partial charge in [-0.25, -0.2) is 0 Å². The highest BCUT2D eigenvalue weighted by Crippen LogP contribution is 2.35. The number of hydrogen-bond acceptors (Lipinski definition) is 2. The maximum absolute atomic E-state index is 8.67. The fourth-order valence-corrected chi connectivity index (χ4v) is 1.12. The molecule has 0 radical (unpaired) electrons. The first-order chi connectivity index (χ1) is 4.88. The molecule has 1 atom stereocenters. The minimum absolute atomic E-state index is 0.278. The topological polar surface area (TPSA) is 35.8 Å². The van der Waals surface area contributed by atoms with Crippen LogP contribution in [0.3, 0.4) is 0 Å². The first-order valence-electron chi connectivity index (χ1n) is 3.98. The molecule has 0 aromatic rings. The predicted molar refractivity (Wildman–Crippen MR) is 40.4 cm³/mol. The van der Waals surface area contributed by atoms with E-state index in [0.29, 0.717) is 5.92 Å². The Morgan fingerprint density at radius 2 is 2.40 bits per heavy atom. The molecule has 1 fully saturated rings. The Morgan fingerprint density at radius 3 is 2.80 bits per heavy atom. The van der Waals surface area contributed by atoms with Gasteiger partial charge in [0.1, 0.15) is 0 Å². The van der Waals surface area contributed by atoms with Gasteiger partial charge in [-0.05, 0) is 25.3 Å². The van der Waals surface area contributed by atoms with Crippen LogP contribution in [0, 0.1) is 23.2 Å². The predicted octanol–water partition coefficient (Wildman–Crippen LogP) is 1.15. The highest BCUT2D eigenvalue weighted by atomic mass is 14.8. The van der Waals surface area contributed by atoms with Gasteiger partial charge in [0, 0.05) is 6.54 Å². The van der Waals surface area contributed by atoms with Gasteiger partial charge in [0.2, 0.25) is 0 Å². The van der Waals surface area contributed by atoms with Gasteiger partial charge in [0.15, 0.2) is 0 Å². The molecule has 0 aliphatic heterocycles. The maximum atomic E-state index is 8.67. The number of nitrogens with one attached hydrogen (secondary N) is 1. The van der Waals surface area contributed by atoms with Crippen LogP contribution >= 0.6 is 0 Å². The van der Waals surface area contributed by atoms with Crippen LogP contribution in [-0.2, 0) is 0 Å². The lowest BCUT2D eigenvalue weighted by Crippen LogP contribution is -2.22. The van der Waals surface area contributed by atoms with Crippen LogP contribution in [0.1, 0.15) is 19.8 Å². The second kappa shape index (κ2) is 3.58. The van der Waals surface area contributed by atoms with Crippen LogP contribution in [0.5, 0.6) is 0 Å². The highest BCUT2D eigenvalue weighted by molar-refractivity contribution is 4.95. The molecule has 56 valence electrons. The molecular weight excluding hydrogens is 124 g/mol. The molecule has 1 saturated carbocycles. The minimum Gasteiger partial charge on any atom is -0.316 e. The van der Waals surface area contributed by atoms with E-state index in [1.165, 1.54) is 12.8 Å². The van der Waals surface area contributed by atoms with E-state index in [4.69, 9.17) is 5.26 Å². The Labute approximate surface area is 62.2 Å². The Hall–Kier alpha value is -0.550. The molecule has 0 amide bonds. The van der Waals surface area contributed by atoms with Crippen molar-refractivity contribution in [1.29, 1.82) is 5.26 Å². The van der Waals surface area contributed by atoms with Crippen LogP contribution < -0.4 is 5.32 Å². The summed E-state index contributed by atoms with van der Waals surface area (Å²) in [5, 5.41) is 11.9. The molecule has 1 aliphatic carbocycles. The second-order valence-electron chi connectivity index (χ2n) is 2.88. The van der Waals surface area contributed by atoms with Gasteiger partial charge in [-0.3, -0.25) is 0 Å². The standard InChI is InChI=1S/C8H14N2/c1-2-10-6-8(5-9)7-3-4-7/h7-8,10H,2-4,6H2,1H3. The Balaban J connectivity index is 2.15. The van der Waals surface area contributed by atoms with E-state index in [9.17, 15) is 0 Å². The largest absolute Gasteiger partial charge is 0.316 e. The first-order valence-corrected chi connectivity index (χ1v) is 3.98. The molecule has 0 saturated heterocycles. The molecule has 2 heteroatoms. The van der Waals surface area contributed by atoms with E-state index in [1.54, 1.807) is 0 Å². The number of rotatable bonds is 4. The van der Waals surface area contributed by atoms with Crippen molar-refractivity contribution in [1.82, 2.24) is 5.32 Å². The van der Waals surface area contributed by atoms with Crippen LogP contribution in [-0.4, -0.2) is 13.1 Å². The molecule has 0 bridgehead atoms. The zero-order valence-electron chi connectivity index (χ0n) is 6.43. The maximum Gasteiger partial charge on any atom is 0.0672 e. The van der Waals surface area contributed by atoms with Crippen molar-refractivity contribution in [3.63, 3.8) is 0 Å². The van der Waals surface area contributed by atoms with Crippen LogP contribution in [0.15, 0.2) is 0 Å². The summed E-state index contributed by atoms with van der Waals surface area (Å²) in [6.07, 6.45) is 2.53. The summed E-state index contributed by atoms with van der Waals surface area (Å²) in [5.74, 6) is 0.990. The molecular formula is C8H14N2. The summed E-state index contributed by atoms with van der Waals surface area (Å²) in [7, 11) is 0. The van der Waals surface area contributed by atoms with E-state index in [0.717, 1.165) is 13.1 Å². The van der Waals surface area contributed by atoms with Crippen molar-refractivity contribution in [3.05, 3.63) is 0 Å². The Kier molecular flexibility index (Phi) is 2.70. The smallest absolute Gasteiger partial charge is 0.0672 e. The molecule has 2 nitrogen and oxygen atoms in total. The summed E-state index contributed by atoms with van der Waals surface area (Å²) >= 11 is 0. The molecule has 1 unspecified atom stereocenters. The molecule has 1 aliphatic rings. The fourth-order valence-electron chi connectivity index (χ4n) is 1.12. The van der Waals surface area contributed by atoms with Gasteiger partial charge in [-0.15, -0.1) is 0 Å². The molecule has 0 aromatic carbocycles. The van der Waals surface area contributed by atoms with Crippen molar-refractivity contribution in [2.45, 2.75) is 19.8 Å².